The van der Waals surface area contributed by atoms with Crippen molar-refractivity contribution in [2.24, 2.45) is 0 Å². The van der Waals surface area contributed by atoms with Gasteiger partial charge in [0.15, 0.2) is 0 Å². The van der Waals surface area contributed by atoms with Crippen LogP contribution in [0.4, 0.5) is 5.82 Å². The molecule has 92 valence electrons. The van der Waals surface area contributed by atoms with Gasteiger partial charge in [0, 0.05) is 19.7 Å². The predicted molar refractivity (Wildman–Crippen MR) is 67.0 cm³/mol. The summed E-state index contributed by atoms with van der Waals surface area (Å²) in [6.45, 7) is 5.51. The summed E-state index contributed by atoms with van der Waals surface area (Å²) in [5, 5.41) is 2.93. The quantitative estimate of drug-likeness (QED) is 0.824. The van der Waals surface area contributed by atoms with Crippen LogP contribution < -0.4 is 10.1 Å². The summed E-state index contributed by atoms with van der Waals surface area (Å²) in [7, 11) is 5.82. The van der Waals surface area contributed by atoms with Crippen molar-refractivity contribution in [3.8, 4) is 5.88 Å². The zero-order valence-electron chi connectivity index (χ0n) is 10.8. The van der Waals surface area contributed by atoms with Crippen LogP contribution in [-0.4, -0.2) is 49.2 Å². The normalized spacial score (nSPS) is 9.38. The first kappa shape index (κ1) is 14.6. The molecule has 0 amide bonds. The second kappa shape index (κ2) is 8.91. The van der Waals surface area contributed by atoms with Gasteiger partial charge >= 0.3 is 0 Å². The van der Waals surface area contributed by atoms with Crippen LogP contribution in [0.5, 0.6) is 5.88 Å². The molecule has 0 aliphatic heterocycles. The second-order valence-electron chi connectivity index (χ2n) is 3.14. The molecule has 1 aromatic rings. The number of likely N-dealkylation sites (N-methyl/N-ethyl adjacent to an activating group) is 1. The maximum Gasteiger partial charge on any atom is 0.218 e. The molecule has 0 atom stereocenters. The van der Waals surface area contributed by atoms with E-state index in [9.17, 15) is 0 Å². The Balaban J connectivity index is 0.00000106. The van der Waals surface area contributed by atoms with E-state index in [4.69, 9.17) is 4.74 Å². The summed E-state index contributed by atoms with van der Waals surface area (Å²) >= 11 is 0. The molecule has 0 unspecified atom stereocenters. The van der Waals surface area contributed by atoms with Crippen molar-refractivity contribution in [2.45, 2.75) is 13.8 Å². The van der Waals surface area contributed by atoms with Gasteiger partial charge in [0.05, 0.1) is 0 Å². The first-order valence-corrected chi connectivity index (χ1v) is 5.49. The molecule has 1 heterocycles. The van der Waals surface area contributed by atoms with Gasteiger partial charge in [-0.2, -0.15) is 0 Å². The van der Waals surface area contributed by atoms with Crippen molar-refractivity contribution in [1.29, 1.82) is 0 Å². The highest BCUT2D eigenvalue weighted by Gasteiger charge is 1.98. The number of aromatic nitrogens is 2. The average molecular weight is 226 g/mol. The summed E-state index contributed by atoms with van der Waals surface area (Å²) in [5.74, 6) is 1.37. The van der Waals surface area contributed by atoms with Gasteiger partial charge in [0.25, 0.3) is 0 Å². The summed E-state index contributed by atoms with van der Waals surface area (Å²) in [6, 6.07) is 1.77. The number of nitrogens with zero attached hydrogens (tertiary/aromatic N) is 3. The molecule has 0 spiro atoms. The van der Waals surface area contributed by atoms with Crippen LogP contribution in [0, 0.1) is 0 Å². The molecule has 1 N–H and O–H groups in total. The lowest BCUT2D eigenvalue weighted by Gasteiger charge is -2.10. The van der Waals surface area contributed by atoms with Crippen molar-refractivity contribution in [3.05, 3.63) is 12.4 Å². The Labute approximate surface area is 97.9 Å². The van der Waals surface area contributed by atoms with Gasteiger partial charge in [-0.3, -0.25) is 0 Å². The highest BCUT2D eigenvalue weighted by Crippen LogP contribution is 2.09. The molecular formula is C11H22N4O. The topological polar surface area (TPSA) is 50.3 Å². The van der Waals surface area contributed by atoms with E-state index in [0.717, 1.165) is 12.4 Å². The minimum Gasteiger partial charge on any atom is -0.476 e. The third-order valence-corrected chi connectivity index (χ3v) is 1.69. The Bertz CT molecular complexity index is 278. The van der Waals surface area contributed by atoms with Crippen molar-refractivity contribution in [2.75, 3.05) is 39.6 Å². The third kappa shape index (κ3) is 6.19. The minimum absolute atomic E-state index is 0.603. The van der Waals surface area contributed by atoms with Crippen molar-refractivity contribution < 1.29 is 4.74 Å². The van der Waals surface area contributed by atoms with E-state index in [1.807, 2.05) is 35.0 Å². The van der Waals surface area contributed by atoms with Gasteiger partial charge in [-0.25, -0.2) is 9.97 Å². The SMILES string of the molecule is CC.CNc1cc(OCCN(C)C)ncn1. The van der Waals surface area contributed by atoms with Crippen molar-refractivity contribution in [1.82, 2.24) is 14.9 Å². The molecular weight excluding hydrogens is 204 g/mol. The molecule has 0 radical (unpaired) electrons. The molecule has 0 bridgehead atoms. The fourth-order valence-electron chi connectivity index (χ4n) is 0.888. The fourth-order valence-corrected chi connectivity index (χ4v) is 0.888. The first-order valence-electron chi connectivity index (χ1n) is 5.49. The van der Waals surface area contributed by atoms with Gasteiger partial charge in [-0.05, 0) is 14.1 Å². The summed E-state index contributed by atoms with van der Waals surface area (Å²) in [4.78, 5) is 10.0. The number of ether oxygens (including phenoxy) is 1. The molecule has 16 heavy (non-hydrogen) atoms. The van der Waals surface area contributed by atoms with Gasteiger partial charge in [-0.1, -0.05) is 13.8 Å². The highest BCUT2D eigenvalue weighted by molar-refractivity contribution is 5.35. The Morgan fingerprint density at radius 1 is 1.31 bits per heavy atom. The van der Waals surface area contributed by atoms with E-state index in [1.165, 1.54) is 6.33 Å². The average Bonchev–Trinajstić information content (AvgIpc) is 2.31. The van der Waals surface area contributed by atoms with Gasteiger partial charge in [-0.15, -0.1) is 0 Å². The highest BCUT2D eigenvalue weighted by atomic mass is 16.5. The van der Waals surface area contributed by atoms with E-state index in [1.54, 1.807) is 6.07 Å². The molecule has 0 saturated heterocycles. The van der Waals surface area contributed by atoms with E-state index in [-0.39, 0.29) is 0 Å². The first-order chi connectivity index (χ1) is 7.72. The number of nitrogens with one attached hydrogen (secondary N) is 1. The number of hydrogen-bond donors (Lipinski definition) is 1. The van der Waals surface area contributed by atoms with Crippen LogP contribution in [0.15, 0.2) is 12.4 Å². The van der Waals surface area contributed by atoms with E-state index in [0.29, 0.717) is 12.5 Å². The molecule has 0 fully saturated rings. The molecule has 1 aromatic heterocycles. The Morgan fingerprint density at radius 2 is 2.00 bits per heavy atom. The standard InChI is InChI=1S/C9H16N4O.C2H6/c1-10-8-6-9(12-7-11-8)14-5-4-13(2)3;1-2/h6-7H,4-5H2,1-3H3,(H,10,11,12);1-2H3. The lowest BCUT2D eigenvalue weighted by molar-refractivity contribution is 0.253. The van der Waals surface area contributed by atoms with Gasteiger partial charge in [0.1, 0.15) is 18.8 Å². The molecule has 0 aliphatic carbocycles. The molecule has 0 aliphatic rings. The lowest BCUT2D eigenvalue weighted by Crippen LogP contribution is -2.19. The van der Waals surface area contributed by atoms with Crippen LogP contribution in [0.25, 0.3) is 0 Å². The predicted octanol–water partition coefficient (Wildman–Crippen LogP) is 1.48. The van der Waals surface area contributed by atoms with Crippen LogP contribution in [0.2, 0.25) is 0 Å². The third-order valence-electron chi connectivity index (χ3n) is 1.69. The van der Waals surface area contributed by atoms with Crippen molar-refractivity contribution >= 4 is 5.82 Å². The fraction of sp³-hybridized carbons (Fsp3) is 0.636. The molecule has 5 heteroatoms. The largest absolute Gasteiger partial charge is 0.476 e. The zero-order valence-corrected chi connectivity index (χ0v) is 10.8. The smallest absolute Gasteiger partial charge is 0.218 e. The van der Waals surface area contributed by atoms with Crippen LogP contribution in [0.3, 0.4) is 0 Å². The van der Waals surface area contributed by atoms with Crippen LogP contribution in [0.1, 0.15) is 13.8 Å². The van der Waals surface area contributed by atoms with E-state index >= 15 is 0 Å². The van der Waals surface area contributed by atoms with Crippen LogP contribution in [-0.2, 0) is 0 Å². The van der Waals surface area contributed by atoms with Gasteiger partial charge in [0.2, 0.25) is 5.88 Å². The Hall–Kier alpha value is -1.36. The maximum atomic E-state index is 5.43. The molecule has 0 saturated carbocycles. The maximum absolute atomic E-state index is 5.43. The zero-order chi connectivity index (χ0) is 12.4. The van der Waals surface area contributed by atoms with Crippen LogP contribution >= 0.6 is 0 Å². The Kier molecular flexibility index (Phi) is 8.15. The number of anilines is 1. The summed E-state index contributed by atoms with van der Waals surface area (Å²) < 4.78 is 5.43. The van der Waals surface area contributed by atoms with E-state index in [2.05, 4.69) is 20.2 Å². The van der Waals surface area contributed by atoms with Crippen molar-refractivity contribution in [3.63, 3.8) is 0 Å². The molecule has 5 nitrogen and oxygen atoms in total. The van der Waals surface area contributed by atoms with E-state index < -0.39 is 0 Å². The minimum atomic E-state index is 0.603. The second-order valence-corrected chi connectivity index (χ2v) is 3.14. The number of hydrogen-bond acceptors (Lipinski definition) is 5. The van der Waals surface area contributed by atoms with Gasteiger partial charge < -0.3 is 15.0 Å². The molecule has 1 rings (SSSR count). The lowest BCUT2D eigenvalue weighted by atomic mass is 10.5. The summed E-state index contributed by atoms with van der Waals surface area (Å²) in [5.41, 5.74) is 0. The Morgan fingerprint density at radius 3 is 2.56 bits per heavy atom. The number of rotatable bonds is 5. The summed E-state index contributed by atoms with van der Waals surface area (Å²) in [6.07, 6.45) is 1.48. The molecule has 0 aromatic carbocycles. The monoisotopic (exact) mass is 226 g/mol.